The van der Waals surface area contributed by atoms with Gasteiger partial charge in [0.1, 0.15) is 0 Å². The van der Waals surface area contributed by atoms with E-state index >= 15 is 0 Å². The smallest absolute Gasteiger partial charge is 0.332 e. The maximum Gasteiger partial charge on any atom is 0.332 e. The highest BCUT2D eigenvalue weighted by atomic mass is 16.3. The van der Waals surface area contributed by atoms with Crippen LogP contribution in [0.3, 0.4) is 0 Å². The summed E-state index contributed by atoms with van der Waals surface area (Å²) in [5.41, 5.74) is 0.217. The Balaban J connectivity index is 2.75. The predicted octanol–water partition coefficient (Wildman–Crippen LogP) is 0.214. The SMILES string of the molecule is CCn1c(=O)c2c(nc(NCCCO)n2CC)n(CC)c1=O. The second-order valence-corrected chi connectivity index (χ2v) is 4.93. The van der Waals surface area contributed by atoms with Crippen molar-refractivity contribution in [2.75, 3.05) is 18.5 Å². The highest BCUT2D eigenvalue weighted by Gasteiger charge is 2.19. The summed E-state index contributed by atoms with van der Waals surface area (Å²) in [5, 5.41) is 12.0. The average Bonchev–Trinajstić information content (AvgIpc) is 2.87. The molecule has 2 aromatic rings. The lowest BCUT2D eigenvalue weighted by atomic mass is 10.4. The van der Waals surface area contributed by atoms with E-state index in [1.54, 1.807) is 11.5 Å². The van der Waals surface area contributed by atoms with Gasteiger partial charge in [-0.2, -0.15) is 4.98 Å². The van der Waals surface area contributed by atoms with Gasteiger partial charge in [-0.3, -0.25) is 13.9 Å². The number of rotatable bonds is 7. The summed E-state index contributed by atoms with van der Waals surface area (Å²) < 4.78 is 4.54. The van der Waals surface area contributed by atoms with Gasteiger partial charge in [0.25, 0.3) is 5.56 Å². The molecule has 2 heterocycles. The Morgan fingerprint density at radius 1 is 1.05 bits per heavy atom. The maximum absolute atomic E-state index is 12.6. The van der Waals surface area contributed by atoms with Gasteiger partial charge < -0.3 is 15.0 Å². The first kappa shape index (κ1) is 16.3. The Morgan fingerprint density at radius 3 is 2.23 bits per heavy atom. The van der Waals surface area contributed by atoms with Crippen molar-refractivity contribution in [1.82, 2.24) is 18.7 Å². The van der Waals surface area contributed by atoms with Crippen molar-refractivity contribution in [3.05, 3.63) is 20.8 Å². The zero-order valence-electron chi connectivity index (χ0n) is 13.3. The van der Waals surface area contributed by atoms with Gasteiger partial charge in [-0.05, 0) is 27.2 Å². The van der Waals surface area contributed by atoms with Crippen LogP contribution in [0.25, 0.3) is 11.2 Å². The van der Waals surface area contributed by atoms with Gasteiger partial charge in [-0.1, -0.05) is 0 Å². The van der Waals surface area contributed by atoms with E-state index < -0.39 is 0 Å². The number of hydrogen-bond acceptors (Lipinski definition) is 5. The highest BCUT2D eigenvalue weighted by Crippen LogP contribution is 2.15. The van der Waals surface area contributed by atoms with Crippen molar-refractivity contribution in [2.45, 2.75) is 46.8 Å². The van der Waals surface area contributed by atoms with Gasteiger partial charge in [0.15, 0.2) is 11.2 Å². The van der Waals surface area contributed by atoms with E-state index in [0.717, 1.165) is 0 Å². The fourth-order valence-corrected chi connectivity index (χ4v) is 2.58. The Labute approximate surface area is 128 Å². The topological polar surface area (TPSA) is 94.1 Å². The van der Waals surface area contributed by atoms with Crippen LogP contribution in [0.1, 0.15) is 27.2 Å². The third-order valence-corrected chi connectivity index (χ3v) is 3.68. The van der Waals surface area contributed by atoms with Crippen molar-refractivity contribution in [2.24, 2.45) is 0 Å². The molecule has 0 fully saturated rings. The molecule has 0 spiro atoms. The van der Waals surface area contributed by atoms with Gasteiger partial charge >= 0.3 is 5.69 Å². The van der Waals surface area contributed by atoms with E-state index in [-0.39, 0.29) is 17.9 Å². The lowest BCUT2D eigenvalue weighted by Crippen LogP contribution is -2.40. The lowest BCUT2D eigenvalue weighted by molar-refractivity contribution is 0.292. The molecule has 0 saturated heterocycles. The minimum Gasteiger partial charge on any atom is -0.396 e. The highest BCUT2D eigenvalue weighted by molar-refractivity contribution is 5.74. The Hall–Kier alpha value is -2.09. The normalized spacial score (nSPS) is 11.3. The monoisotopic (exact) mass is 309 g/mol. The molecule has 0 aliphatic heterocycles. The van der Waals surface area contributed by atoms with Crippen LogP contribution >= 0.6 is 0 Å². The van der Waals surface area contributed by atoms with E-state index in [1.165, 1.54) is 9.13 Å². The summed E-state index contributed by atoms with van der Waals surface area (Å²) in [6.07, 6.45) is 0.590. The average molecular weight is 309 g/mol. The second kappa shape index (κ2) is 6.78. The number of nitrogens with one attached hydrogen (secondary N) is 1. The molecule has 2 aromatic heterocycles. The molecular weight excluding hydrogens is 286 g/mol. The fourth-order valence-electron chi connectivity index (χ4n) is 2.58. The number of aliphatic hydroxyl groups excluding tert-OH is 1. The number of aryl methyl sites for hydroxylation is 2. The van der Waals surface area contributed by atoms with E-state index in [2.05, 4.69) is 10.3 Å². The Kier molecular flexibility index (Phi) is 5.02. The first-order valence-corrected chi connectivity index (χ1v) is 7.69. The summed E-state index contributed by atoms with van der Waals surface area (Å²) >= 11 is 0. The molecule has 0 radical (unpaired) electrons. The van der Waals surface area contributed by atoms with Crippen LogP contribution in [0.5, 0.6) is 0 Å². The molecule has 8 nitrogen and oxygen atoms in total. The summed E-state index contributed by atoms with van der Waals surface area (Å²) in [7, 11) is 0. The van der Waals surface area contributed by atoms with Gasteiger partial charge in [0.2, 0.25) is 5.95 Å². The quantitative estimate of drug-likeness (QED) is 0.713. The third kappa shape index (κ3) is 2.54. The molecule has 0 unspecified atom stereocenters. The van der Waals surface area contributed by atoms with E-state index in [1.807, 2.05) is 13.8 Å². The molecule has 122 valence electrons. The number of anilines is 1. The molecule has 0 saturated carbocycles. The summed E-state index contributed by atoms with van der Waals surface area (Å²) in [6.45, 7) is 7.55. The summed E-state index contributed by atoms with van der Waals surface area (Å²) in [6, 6.07) is 0. The molecule has 2 N–H and O–H groups in total. The van der Waals surface area contributed by atoms with Crippen molar-refractivity contribution in [1.29, 1.82) is 0 Å². The Morgan fingerprint density at radius 2 is 1.68 bits per heavy atom. The van der Waals surface area contributed by atoms with Crippen LogP contribution in [0.2, 0.25) is 0 Å². The zero-order chi connectivity index (χ0) is 16.3. The molecule has 0 bridgehead atoms. The number of imidazole rings is 1. The lowest BCUT2D eigenvalue weighted by Gasteiger charge is -2.09. The van der Waals surface area contributed by atoms with Crippen LogP contribution < -0.4 is 16.6 Å². The first-order valence-electron chi connectivity index (χ1n) is 7.69. The van der Waals surface area contributed by atoms with Crippen molar-refractivity contribution in [3.63, 3.8) is 0 Å². The maximum atomic E-state index is 12.6. The van der Waals surface area contributed by atoms with Crippen molar-refractivity contribution >= 4 is 17.1 Å². The molecule has 2 rings (SSSR count). The first-order chi connectivity index (χ1) is 10.6. The van der Waals surface area contributed by atoms with Crippen LogP contribution in [0, 0.1) is 0 Å². The number of aliphatic hydroxyl groups is 1. The number of hydrogen-bond donors (Lipinski definition) is 2. The van der Waals surface area contributed by atoms with Crippen LogP contribution in [0.15, 0.2) is 9.59 Å². The molecule has 22 heavy (non-hydrogen) atoms. The number of nitrogens with zero attached hydrogens (tertiary/aromatic N) is 4. The van der Waals surface area contributed by atoms with Gasteiger partial charge in [-0.15, -0.1) is 0 Å². The minimum absolute atomic E-state index is 0.0850. The zero-order valence-corrected chi connectivity index (χ0v) is 13.3. The standard InChI is InChI=1S/C14H23N5O3/c1-4-17-10-11(16-13(17)15-8-7-9-20)18(5-2)14(22)19(6-3)12(10)21/h20H,4-9H2,1-3H3,(H,15,16). The number of aromatic nitrogens is 4. The molecule has 0 aliphatic rings. The number of fused-ring (bicyclic) bond motifs is 1. The van der Waals surface area contributed by atoms with E-state index in [4.69, 9.17) is 5.11 Å². The van der Waals surface area contributed by atoms with Crippen LogP contribution in [-0.4, -0.2) is 36.9 Å². The molecule has 0 atom stereocenters. The van der Waals surface area contributed by atoms with Gasteiger partial charge in [0, 0.05) is 32.8 Å². The van der Waals surface area contributed by atoms with Gasteiger partial charge in [0.05, 0.1) is 0 Å². The third-order valence-electron chi connectivity index (χ3n) is 3.68. The predicted molar refractivity (Wildman–Crippen MR) is 85.5 cm³/mol. The van der Waals surface area contributed by atoms with Crippen LogP contribution in [0.4, 0.5) is 5.95 Å². The van der Waals surface area contributed by atoms with E-state index in [9.17, 15) is 9.59 Å². The largest absolute Gasteiger partial charge is 0.396 e. The second-order valence-electron chi connectivity index (χ2n) is 4.93. The molecule has 8 heteroatoms. The Bertz CT molecular complexity index is 771. The molecule has 0 aliphatic carbocycles. The van der Waals surface area contributed by atoms with Gasteiger partial charge in [-0.25, -0.2) is 4.79 Å². The van der Waals surface area contributed by atoms with Crippen molar-refractivity contribution in [3.8, 4) is 0 Å². The van der Waals surface area contributed by atoms with E-state index in [0.29, 0.717) is 49.7 Å². The molecular formula is C14H23N5O3. The molecule has 0 amide bonds. The van der Waals surface area contributed by atoms with Crippen LogP contribution in [-0.2, 0) is 19.6 Å². The fraction of sp³-hybridized carbons (Fsp3) is 0.643. The minimum atomic E-state index is -0.329. The summed E-state index contributed by atoms with van der Waals surface area (Å²) in [5.74, 6) is 0.554. The molecule has 0 aromatic carbocycles. The summed E-state index contributed by atoms with van der Waals surface area (Å²) in [4.78, 5) is 29.4. The van der Waals surface area contributed by atoms with Crippen molar-refractivity contribution < 1.29 is 5.11 Å².